The van der Waals surface area contributed by atoms with Gasteiger partial charge in [-0.2, -0.15) is 0 Å². The summed E-state index contributed by atoms with van der Waals surface area (Å²) in [6, 6.07) is 0. The molecule has 0 aromatic carbocycles. The van der Waals surface area contributed by atoms with Crippen LogP contribution in [-0.2, 0) is 0 Å². The van der Waals surface area contributed by atoms with Crippen molar-refractivity contribution in [3.63, 3.8) is 0 Å². The van der Waals surface area contributed by atoms with Crippen LogP contribution in [0.4, 0.5) is 0 Å². The summed E-state index contributed by atoms with van der Waals surface area (Å²) in [6.07, 6.45) is 6.72. The maximum absolute atomic E-state index is 5.98. The van der Waals surface area contributed by atoms with E-state index in [1.54, 1.807) is 23.1 Å². The van der Waals surface area contributed by atoms with E-state index in [4.69, 9.17) is 5.73 Å². The van der Waals surface area contributed by atoms with Gasteiger partial charge >= 0.3 is 0 Å². The third-order valence-electron chi connectivity index (χ3n) is 2.89. The maximum atomic E-state index is 5.98. The van der Waals surface area contributed by atoms with Crippen molar-refractivity contribution in [2.75, 3.05) is 25.4 Å². The van der Waals surface area contributed by atoms with Crippen LogP contribution in [0, 0.1) is 0 Å². The molecule has 0 aliphatic carbocycles. The molecule has 0 amide bonds. The van der Waals surface area contributed by atoms with E-state index in [9.17, 15) is 0 Å². The molecule has 0 unspecified atom stereocenters. The van der Waals surface area contributed by atoms with Crippen molar-refractivity contribution in [2.24, 2.45) is 10.7 Å². The summed E-state index contributed by atoms with van der Waals surface area (Å²) in [6.45, 7) is 2.97. The van der Waals surface area contributed by atoms with Crippen molar-refractivity contribution in [3.05, 3.63) is 11.6 Å². The largest absolute Gasteiger partial charge is 0.370 e. The lowest BCUT2D eigenvalue weighted by Crippen LogP contribution is -2.40. The van der Waals surface area contributed by atoms with E-state index in [-0.39, 0.29) is 0 Å². The lowest BCUT2D eigenvalue weighted by Gasteiger charge is -2.27. The first-order valence-electron chi connectivity index (χ1n) is 6.43. The average molecular weight is 284 g/mol. The first kappa shape index (κ1) is 13.7. The van der Waals surface area contributed by atoms with Crippen LogP contribution < -0.4 is 5.73 Å². The lowest BCUT2D eigenvalue weighted by molar-refractivity contribution is 0.338. The third kappa shape index (κ3) is 4.49. The fourth-order valence-corrected chi connectivity index (χ4v) is 3.55. The van der Waals surface area contributed by atoms with Gasteiger partial charge in [-0.3, -0.25) is 4.99 Å². The number of thiazole rings is 1. The fourth-order valence-electron chi connectivity index (χ4n) is 1.92. The van der Waals surface area contributed by atoms with Crippen LogP contribution in [-0.4, -0.2) is 41.2 Å². The second-order valence-electron chi connectivity index (χ2n) is 4.29. The molecule has 0 radical (unpaired) electrons. The molecule has 1 saturated heterocycles. The van der Waals surface area contributed by atoms with Gasteiger partial charge in [-0.05, 0) is 25.7 Å². The topological polar surface area (TPSA) is 54.5 Å². The molecule has 1 aromatic rings. The van der Waals surface area contributed by atoms with Crippen molar-refractivity contribution in [2.45, 2.75) is 30.0 Å². The smallest absolute Gasteiger partial charge is 0.191 e. The van der Waals surface area contributed by atoms with E-state index in [0.29, 0.717) is 0 Å². The number of hydrogen-bond acceptors (Lipinski definition) is 4. The molecule has 18 heavy (non-hydrogen) atoms. The van der Waals surface area contributed by atoms with Crippen molar-refractivity contribution < 1.29 is 0 Å². The lowest BCUT2D eigenvalue weighted by atomic mass is 10.1. The molecule has 1 aliphatic rings. The minimum Gasteiger partial charge on any atom is -0.370 e. The van der Waals surface area contributed by atoms with E-state index in [1.165, 1.54) is 19.3 Å². The monoisotopic (exact) mass is 284 g/mol. The Morgan fingerprint density at radius 3 is 3.00 bits per heavy atom. The van der Waals surface area contributed by atoms with Crippen molar-refractivity contribution in [1.29, 1.82) is 0 Å². The Bertz CT molecular complexity index is 358. The summed E-state index contributed by atoms with van der Waals surface area (Å²) in [7, 11) is 0. The Labute approximate surface area is 117 Å². The highest BCUT2D eigenvalue weighted by Crippen LogP contribution is 2.20. The number of aromatic nitrogens is 1. The van der Waals surface area contributed by atoms with Crippen LogP contribution in [0.2, 0.25) is 0 Å². The van der Waals surface area contributed by atoms with Gasteiger partial charge in [-0.25, -0.2) is 4.98 Å². The third-order valence-corrected chi connectivity index (χ3v) is 4.94. The molecular weight excluding hydrogens is 264 g/mol. The van der Waals surface area contributed by atoms with E-state index in [1.807, 2.05) is 11.6 Å². The number of nitrogens with two attached hydrogens (primary N) is 1. The number of thioether (sulfide) groups is 1. The van der Waals surface area contributed by atoms with Gasteiger partial charge in [0.15, 0.2) is 5.96 Å². The zero-order valence-electron chi connectivity index (χ0n) is 10.5. The van der Waals surface area contributed by atoms with Gasteiger partial charge in [0.1, 0.15) is 4.34 Å². The van der Waals surface area contributed by atoms with E-state index >= 15 is 0 Å². The molecule has 6 heteroatoms. The van der Waals surface area contributed by atoms with Gasteiger partial charge in [0.25, 0.3) is 0 Å². The molecule has 0 atom stereocenters. The minimum atomic E-state index is 0.731. The molecule has 2 rings (SSSR count). The van der Waals surface area contributed by atoms with Crippen molar-refractivity contribution in [3.8, 4) is 0 Å². The van der Waals surface area contributed by atoms with Gasteiger partial charge in [0, 0.05) is 37.0 Å². The van der Waals surface area contributed by atoms with Gasteiger partial charge in [-0.1, -0.05) is 11.8 Å². The van der Waals surface area contributed by atoms with Gasteiger partial charge < -0.3 is 10.6 Å². The number of nitrogens with zero attached hydrogens (tertiary/aromatic N) is 3. The van der Waals surface area contributed by atoms with E-state index in [0.717, 1.165) is 42.1 Å². The standard InChI is InChI=1S/C12H20N4S2/c13-11(16-7-2-1-3-8-16)14-5-4-9-17-12-15-6-10-18-12/h6,10H,1-5,7-9H2,(H2,13,14). The molecule has 0 saturated carbocycles. The Morgan fingerprint density at radius 1 is 1.44 bits per heavy atom. The molecule has 0 bridgehead atoms. The predicted molar refractivity (Wildman–Crippen MR) is 79.4 cm³/mol. The Morgan fingerprint density at radius 2 is 2.28 bits per heavy atom. The number of rotatable bonds is 5. The molecule has 2 heterocycles. The number of piperidine rings is 1. The molecule has 0 spiro atoms. The predicted octanol–water partition coefficient (Wildman–Crippen LogP) is 2.43. The Balaban J connectivity index is 1.61. The highest BCUT2D eigenvalue weighted by Gasteiger charge is 2.11. The molecule has 4 nitrogen and oxygen atoms in total. The van der Waals surface area contributed by atoms with Gasteiger partial charge in [0.2, 0.25) is 0 Å². The summed E-state index contributed by atoms with van der Waals surface area (Å²) >= 11 is 3.49. The van der Waals surface area contributed by atoms with E-state index in [2.05, 4.69) is 14.9 Å². The molecule has 1 aliphatic heterocycles. The summed E-state index contributed by atoms with van der Waals surface area (Å²) in [5, 5.41) is 2.01. The number of aliphatic imine (C=N–C) groups is 1. The first-order chi connectivity index (χ1) is 8.86. The van der Waals surface area contributed by atoms with Crippen LogP contribution >= 0.6 is 23.1 Å². The SMILES string of the molecule is NC(=NCCCSc1nccs1)N1CCCCC1. The second-order valence-corrected chi connectivity index (χ2v) is 6.52. The Kier molecular flexibility index (Phi) is 5.80. The quantitative estimate of drug-likeness (QED) is 0.390. The van der Waals surface area contributed by atoms with Crippen LogP contribution in [0.5, 0.6) is 0 Å². The molecule has 1 fully saturated rings. The summed E-state index contributed by atoms with van der Waals surface area (Å²) in [4.78, 5) is 10.9. The van der Waals surface area contributed by atoms with Crippen LogP contribution in [0.3, 0.4) is 0 Å². The summed E-state index contributed by atoms with van der Waals surface area (Å²) in [5.41, 5.74) is 5.98. The summed E-state index contributed by atoms with van der Waals surface area (Å²) < 4.78 is 1.14. The van der Waals surface area contributed by atoms with Gasteiger partial charge in [-0.15, -0.1) is 11.3 Å². The first-order valence-corrected chi connectivity index (χ1v) is 8.30. The van der Waals surface area contributed by atoms with E-state index < -0.39 is 0 Å². The highest BCUT2D eigenvalue weighted by molar-refractivity contribution is 8.00. The van der Waals surface area contributed by atoms with Crippen molar-refractivity contribution in [1.82, 2.24) is 9.88 Å². The fraction of sp³-hybridized carbons (Fsp3) is 0.667. The zero-order valence-corrected chi connectivity index (χ0v) is 12.2. The second kappa shape index (κ2) is 7.63. The molecule has 2 N–H and O–H groups in total. The minimum absolute atomic E-state index is 0.731. The zero-order chi connectivity index (χ0) is 12.6. The maximum Gasteiger partial charge on any atom is 0.191 e. The normalized spacial score (nSPS) is 17.1. The van der Waals surface area contributed by atoms with Crippen LogP contribution in [0.15, 0.2) is 20.9 Å². The average Bonchev–Trinajstić information content (AvgIpc) is 2.92. The van der Waals surface area contributed by atoms with Gasteiger partial charge in [0.05, 0.1) is 0 Å². The molecular formula is C12H20N4S2. The molecule has 100 valence electrons. The Hall–Kier alpha value is -0.750. The summed E-state index contributed by atoms with van der Waals surface area (Å²) in [5.74, 6) is 1.79. The number of likely N-dealkylation sites (tertiary alicyclic amines) is 1. The van der Waals surface area contributed by atoms with Crippen molar-refractivity contribution >= 4 is 29.1 Å². The van der Waals surface area contributed by atoms with Crippen LogP contribution in [0.25, 0.3) is 0 Å². The number of hydrogen-bond donors (Lipinski definition) is 1. The highest BCUT2D eigenvalue weighted by atomic mass is 32.2. The van der Waals surface area contributed by atoms with Crippen LogP contribution in [0.1, 0.15) is 25.7 Å². The molecule has 1 aromatic heterocycles. The number of guanidine groups is 1.